The highest BCUT2D eigenvalue weighted by molar-refractivity contribution is 8.10. The molecule has 12 heavy (non-hydrogen) atoms. The molecule has 0 amide bonds. The molecule has 1 aliphatic rings. The minimum Gasteiger partial charge on any atom is -0.259 e. The van der Waals surface area contributed by atoms with Crippen LogP contribution in [-0.4, -0.2) is 21.3 Å². The van der Waals surface area contributed by atoms with E-state index in [-0.39, 0.29) is 0 Å². The summed E-state index contributed by atoms with van der Waals surface area (Å²) in [7, 11) is -0.638. The molecule has 3 heteroatoms. The van der Waals surface area contributed by atoms with Gasteiger partial charge in [-0.15, -0.1) is 11.8 Å². The third-order valence-corrected chi connectivity index (χ3v) is 5.87. The van der Waals surface area contributed by atoms with E-state index in [1.807, 2.05) is 6.26 Å². The molecule has 1 aliphatic carbocycles. The molecule has 0 saturated heterocycles. The van der Waals surface area contributed by atoms with Gasteiger partial charge in [-0.05, 0) is 25.0 Å². The maximum absolute atomic E-state index is 11.4. The Morgan fingerprint density at radius 1 is 1.33 bits per heavy atom. The van der Waals surface area contributed by atoms with Crippen molar-refractivity contribution in [1.82, 2.24) is 0 Å². The van der Waals surface area contributed by atoms with Crippen LogP contribution < -0.4 is 0 Å². The zero-order valence-corrected chi connectivity index (χ0v) is 9.55. The molecule has 0 aromatic heterocycles. The molecule has 1 saturated carbocycles. The quantitative estimate of drug-likeness (QED) is 0.706. The van der Waals surface area contributed by atoms with Crippen LogP contribution in [0.2, 0.25) is 0 Å². The van der Waals surface area contributed by atoms with E-state index >= 15 is 0 Å². The van der Waals surface area contributed by atoms with Crippen LogP contribution >= 0.6 is 11.8 Å². The second-order valence-electron chi connectivity index (χ2n) is 3.50. The van der Waals surface area contributed by atoms with Gasteiger partial charge in [0.2, 0.25) is 0 Å². The Hall–Kier alpha value is 0.500. The fourth-order valence-electron chi connectivity index (χ4n) is 2.01. The molecule has 0 unspecified atom stereocenters. The molecular weight excluding hydrogens is 188 g/mol. The standard InChI is InChI=1S/C9H18OS2/c1-11-9(12(2)10)8-6-4-3-5-7-8/h8-9H,3-7H2,1-2H3/t9-,12-/m0/s1. The SMILES string of the molecule is CS[C@H](C1CCCCC1)[S@](C)=O. The van der Waals surface area contributed by atoms with Gasteiger partial charge in [-0.1, -0.05) is 19.3 Å². The van der Waals surface area contributed by atoms with Crippen molar-refractivity contribution in [2.24, 2.45) is 5.92 Å². The zero-order chi connectivity index (χ0) is 8.97. The van der Waals surface area contributed by atoms with Crippen LogP contribution in [0.25, 0.3) is 0 Å². The molecule has 1 nitrogen and oxygen atoms in total. The highest BCUT2D eigenvalue weighted by Crippen LogP contribution is 2.32. The lowest BCUT2D eigenvalue weighted by atomic mass is 9.91. The minimum absolute atomic E-state index is 0.394. The molecule has 0 aliphatic heterocycles. The summed E-state index contributed by atoms with van der Waals surface area (Å²) in [5, 5.41) is 0. The van der Waals surface area contributed by atoms with E-state index in [2.05, 4.69) is 6.26 Å². The fraction of sp³-hybridized carbons (Fsp3) is 1.00. The molecule has 2 atom stereocenters. The lowest BCUT2D eigenvalue weighted by Gasteiger charge is -2.27. The Kier molecular flexibility index (Phi) is 4.65. The first-order valence-electron chi connectivity index (χ1n) is 4.60. The van der Waals surface area contributed by atoms with Crippen LogP contribution in [0.1, 0.15) is 32.1 Å². The molecule has 0 spiro atoms. The molecule has 1 fully saturated rings. The van der Waals surface area contributed by atoms with E-state index in [4.69, 9.17) is 0 Å². The molecule has 0 N–H and O–H groups in total. The molecule has 0 aromatic rings. The van der Waals surface area contributed by atoms with Crippen LogP contribution in [0.3, 0.4) is 0 Å². The summed E-state index contributed by atoms with van der Waals surface area (Å²) in [6, 6.07) is 0. The van der Waals surface area contributed by atoms with Crippen molar-refractivity contribution < 1.29 is 4.21 Å². The first kappa shape index (κ1) is 10.6. The van der Waals surface area contributed by atoms with Crippen molar-refractivity contribution in [3.8, 4) is 0 Å². The van der Waals surface area contributed by atoms with Crippen LogP contribution in [0, 0.1) is 5.92 Å². The van der Waals surface area contributed by atoms with Gasteiger partial charge in [-0.2, -0.15) is 0 Å². The van der Waals surface area contributed by atoms with Gasteiger partial charge in [0.05, 0.1) is 4.58 Å². The Labute approximate surface area is 82.2 Å². The fourth-order valence-corrected chi connectivity index (χ4v) is 4.56. The van der Waals surface area contributed by atoms with E-state index in [1.165, 1.54) is 32.1 Å². The van der Waals surface area contributed by atoms with Gasteiger partial charge in [0, 0.05) is 17.1 Å². The van der Waals surface area contributed by atoms with Gasteiger partial charge in [0.15, 0.2) is 0 Å². The highest BCUT2D eigenvalue weighted by Gasteiger charge is 2.25. The van der Waals surface area contributed by atoms with E-state index < -0.39 is 10.8 Å². The van der Waals surface area contributed by atoms with Crippen molar-refractivity contribution in [3.63, 3.8) is 0 Å². The third-order valence-electron chi connectivity index (χ3n) is 2.59. The maximum atomic E-state index is 11.4. The number of rotatable bonds is 3. The highest BCUT2D eigenvalue weighted by atomic mass is 32.2. The van der Waals surface area contributed by atoms with Crippen molar-refractivity contribution in [3.05, 3.63) is 0 Å². The summed E-state index contributed by atoms with van der Waals surface area (Å²) < 4.78 is 11.8. The molecule has 0 radical (unpaired) electrons. The maximum Gasteiger partial charge on any atom is 0.0823 e. The predicted molar refractivity (Wildman–Crippen MR) is 57.9 cm³/mol. The van der Waals surface area contributed by atoms with Crippen molar-refractivity contribution in [2.45, 2.75) is 36.7 Å². The van der Waals surface area contributed by atoms with Gasteiger partial charge in [0.25, 0.3) is 0 Å². The summed E-state index contributed by atoms with van der Waals surface area (Å²) in [6.45, 7) is 0. The Balaban J connectivity index is 2.46. The van der Waals surface area contributed by atoms with Crippen LogP contribution in [-0.2, 0) is 10.8 Å². The van der Waals surface area contributed by atoms with Gasteiger partial charge < -0.3 is 0 Å². The first-order chi connectivity index (χ1) is 5.75. The van der Waals surface area contributed by atoms with Gasteiger partial charge in [-0.3, -0.25) is 4.21 Å². The van der Waals surface area contributed by atoms with Crippen molar-refractivity contribution >= 4 is 22.6 Å². The van der Waals surface area contributed by atoms with Gasteiger partial charge in [-0.25, -0.2) is 0 Å². The van der Waals surface area contributed by atoms with Crippen LogP contribution in [0.5, 0.6) is 0 Å². The largest absolute Gasteiger partial charge is 0.259 e. The molecule has 0 bridgehead atoms. The second-order valence-corrected chi connectivity index (χ2v) is 6.28. The van der Waals surface area contributed by atoms with Crippen LogP contribution in [0.15, 0.2) is 0 Å². The Morgan fingerprint density at radius 2 is 1.92 bits per heavy atom. The molecule has 0 heterocycles. The second kappa shape index (κ2) is 5.28. The first-order valence-corrected chi connectivity index (χ1v) is 7.51. The zero-order valence-electron chi connectivity index (χ0n) is 7.91. The Bertz CT molecular complexity index is 153. The lowest BCUT2D eigenvalue weighted by molar-refractivity contribution is 0.378. The summed E-state index contributed by atoms with van der Waals surface area (Å²) in [6.07, 6.45) is 10.6. The average Bonchev–Trinajstić information content (AvgIpc) is 2.07. The minimum atomic E-state index is -0.638. The van der Waals surface area contributed by atoms with Crippen LogP contribution in [0.4, 0.5) is 0 Å². The summed E-state index contributed by atoms with van der Waals surface area (Å²) in [4.78, 5) is 0. The van der Waals surface area contributed by atoms with E-state index in [1.54, 1.807) is 11.8 Å². The summed E-state index contributed by atoms with van der Waals surface area (Å²) in [5.41, 5.74) is 0. The molecule has 1 rings (SSSR count). The number of thioether (sulfide) groups is 1. The average molecular weight is 206 g/mol. The topological polar surface area (TPSA) is 17.1 Å². The normalized spacial score (nSPS) is 25.2. The van der Waals surface area contributed by atoms with Crippen molar-refractivity contribution in [2.75, 3.05) is 12.5 Å². The van der Waals surface area contributed by atoms with E-state index in [0.29, 0.717) is 4.58 Å². The number of hydrogen-bond donors (Lipinski definition) is 0. The monoisotopic (exact) mass is 206 g/mol. The van der Waals surface area contributed by atoms with E-state index in [9.17, 15) is 4.21 Å². The molecule has 0 aromatic carbocycles. The van der Waals surface area contributed by atoms with Gasteiger partial charge >= 0.3 is 0 Å². The van der Waals surface area contributed by atoms with Gasteiger partial charge in [0.1, 0.15) is 0 Å². The smallest absolute Gasteiger partial charge is 0.0823 e. The third kappa shape index (κ3) is 2.77. The summed E-state index contributed by atoms with van der Waals surface area (Å²) in [5.74, 6) is 0.722. The lowest BCUT2D eigenvalue weighted by Crippen LogP contribution is -2.23. The predicted octanol–water partition coefficient (Wildman–Crippen LogP) is 2.63. The molecular formula is C9H18OS2. The van der Waals surface area contributed by atoms with E-state index in [0.717, 1.165) is 5.92 Å². The van der Waals surface area contributed by atoms with Crippen molar-refractivity contribution in [1.29, 1.82) is 0 Å². The molecule has 72 valence electrons. The Morgan fingerprint density at radius 3 is 2.33 bits per heavy atom. The number of hydrogen-bond acceptors (Lipinski definition) is 2. The summed E-state index contributed by atoms with van der Waals surface area (Å²) >= 11 is 1.78.